The molecule has 11 heteroatoms. The van der Waals surface area contributed by atoms with Gasteiger partial charge in [0, 0.05) is 16.5 Å². The van der Waals surface area contributed by atoms with Crippen LogP contribution in [0.4, 0.5) is 4.79 Å². The van der Waals surface area contributed by atoms with E-state index in [1.807, 2.05) is 6.92 Å². The lowest BCUT2D eigenvalue weighted by Crippen LogP contribution is -2.49. The lowest BCUT2D eigenvalue weighted by Gasteiger charge is -2.36. The molecular weight excluding hydrogens is 530 g/mol. The predicted octanol–water partition coefficient (Wildman–Crippen LogP) is 3.85. The highest BCUT2D eigenvalue weighted by Gasteiger charge is 2.50. The van der Waals surface area contributed by atoms with Gasteiger partial charge in [-0.2, -0.15) is 0 Å². The summed E-state index contributed by atoms with van der Waals surface area (Å²) < 4.78 is 23.3. The summed E-state index contributed by atoms with van der Waals surface area (Å²) in [5, 5.41) is 0.783. The Morgan fingerprint density at radius 2 is 1.90 bits per heavy atom. The van der Waals surface area contributed by atoms with E-state index in [-0.39, 0.29) is 36.3 Å². The summed E-state index contributed by atoms with van der Waals surface area (Å²) in [6.07, 6.45) is -0.139. The Labute approximate surface area is 236 Å². The van der Waals surface area contributed by atoms with E-state index in [1.54, 1.807) is 56.5 Å². The fourth-order valence-electron chi connectivity index (χ4n) is 5.40. The average molecular weight is 564 g/mol. The molecule has 3 aromatic rings. The Morgan fingerprint density at radius 3 is 2.54 bits per heavy atom. The van der Waals surface area contributed by atoms with Crippen LogP contribution in [0.15, 0.2) is 29.1 Å². The standard InChI is InChI=1S/C30H33N3O8/c1-7-17-18-11-16(39-28(37)41-29(4,5)6)9-10-22(18)32-24-19(17)13-33-23(24)12-21-20(25(33)34)14-38-27(36)30(21,8-2)40-26(35)15(3)31/h9-12,15H,7-8,13-14,31H2,1-6H3/t15-,30-/m0/s1. The molecule has 5 rings (SSSR count). The number of carbonyl (C=O) groups excluding carboxylic acids is 3. The highest BCUT2D eigenvalue weighted by Crippen LogP contribution is 2.42. The molecule has 0 spiro atoms. The van der Waals surface area contributed by atoms with Gasteiger partial charge in [0.1, 0.15) is 24.0 Å². The molecule has 0 saturated carbocycles. The number of nitrogens with zero attached hydrogens (tertiary/aromatic N) is 2. The molecule has 216 valence electrons. The molecule has 2 aliphatic heterocycles. The van der Waals surface area contributed by atoms with Crippen LogP contribution in [0.25, 0.3) is 22.3 Å². The Balaban J connectivity index is 1.64. The molecule has 0 radical (unpaired) electrons. The van der Waals surface area contributed by atoms with E-state index >= 15 is 0 Å². The number of aryl methyl sites for hydroxylation is 1. The minimum Gasteiger partial charge on any atom is -0.457 e. The molecule has 2 atom stereocenters. The smallest absolute Gasteiger partial charge is 0.457 e. The lowest BCUT2D eigenvalue weighted by molar-refractivity contribution is -0.190. The zero-order chi connectivity index (χ0) is 29.9. The van der Waals surface area contributed by atoms with E-state index in [0.29, 0.717) is 29.1 Å². The monoisotopic (exact) mass is 563 g/mol. The molecule has 0 bridgehead atoms. The molecule has 0 fully saturated rings. The summed E-state index contributed by atoms with van der Waals surface area (Å²) in [4.78, 5) is 56.6. The first-order chi connectivity index (χ1) is 19.3. The van der Waals surface area contributed by atoms with Gasteiger partial charge in [-0.3, -0.25) is 9.59 Å². The van der Waals surface area contributed by atoms with Gasteiger partial charge in [-0.25, -0.2) is 14.6 Å². The van der Waals surface area contributed by atoms with Crippen molar-refractivity contribution in [2.75, 3.05) is 0 Å². The van der Waals surface area contributed by atoms with E-state index in [9.17, 15) is 19.2 Å². The van der Waals surface area contributed by atoms with Gasteiger partial charge in [0.2, 0.25) is 5.60 Å². The van der Waals surface area contributed by atoms with E-state index in [4.69, 9.17) is 29.7 Å². The van der Waals surface area contributed by atoms with Gasteiger partial charge in [-0.05, 0) is 70.4 Å². The van der Waals surface area contributed by atoms with Gasteiger partial charge < -0.3 is 29.2 Å². The lowest BCUT2D eigenvalue weighted by atomic mass is 9.85. The van der Waals surface area contributed by atoms with Crippen molar-refractivity contribution in [3.8, 4) is 17.1 Å². The van der Waals surface area contributed by atoms with E-state index < -0.39 is 35.3 Å². The summed E-state index contributed by atoms with van der Waals surface area (Å²) in [5.41, 5.74) is 6.95. The molecule has 4 heterocycles. The van der Waals surface area contributed by atoms with Crippen molar-refractivity contribution < 1.29 is 33.3 Å². The third-order valence-corrected chi connectivity index (χ3v) is 7.34. The minimum absolute atomic E-state index is 0.0544. The predicted molar refractivity (Wildman–Crippen MR) is 148 cm³/mol. The molecule has 0 aliphatic carbocycles. The molecule has 0 amide bonds. The SMILES string of the molecule is CCc1c2c(nc3ccc(OC(=O)OC(C)(C)C)cc13)-c1cc3c(c(=O)n1C2)COC(=O)[C@@]3(CC)OC(=O)[C@H](C)N. The number of fused-ring (bicyclic) bond motifs is 5. The largest absolute Gasteiger partial charge is 0.514 e. The van der Waals surface area contributed by atoms with Crippen molar-refractivity contribution in [1.29, 1.82) is 0 Å². The van der Waals surface area contributed by atoms with Crippen LogP contribution in [0.1, 0.15) is 70.2 Å². The summed E-state index contributed by atoms with van der Waals surface area (Å²) in [6, 6.07) is 5.85. The van der Waals surface area contributed by atoms with Crippen LogP contribution in [0.3, 0.4) is 0 Å². The van der Waals surface area contributed by atoms with E-state index in [0.717, 1.165) is 16.5 Å². The topological polar surface area (TPSA) is 149 Å². The van der Waals surface area contributed by atoms with E-state index in [1.165, 1.54) is 6.92 Å². The van der Waals surface area contributed by atoms with Crippen LogP contribution < -0.4 is 16.0 Å². The van der Waals surface area contributed by atoms with Crippen LogP contribution in [0, 0.1) is 0 Å². The molecule has 11 nitrogen and oxygen atoms in total. The van der Waals surface area contributed by atoms with Crippen molar-refractivity contribution in [2.45, 2.75) is 84.8 Å². The second kappa shape index (κ2) is 9.99. The fourth-order valence-corrected chi connectivity index (χ4v) is 5.40. The van der Waals surface area contributed by atoms with Crippen LogP contribution in [-0.4, -0.2) is 39.3 Å². The van der Waals surface area contributed by atoms with Crippen molar-refractivity contribution in [3.05, 3.63) is 56.9 Å². The van der Waals surface area contributed by atoms with Crippen molar-refractivity contribution in [3.63, 3.8) is 0 Å². The minimum atomic E-state index is -1.80. The quantitative estimate of drug-likeness (QED) is 0.215. The molecule has 1 aromatic carbocycles. The van der Waals surface area contributed by atoms with Gasteiger partial charge in [-0.15, -0.1) is 0 Å². The maximum Gasteiger partial charge on any atom is 0.514 e. The molecule has 2 aromatic heterocycles. The third kappa shape index (κ3) is 4.73. The van der Waals surface area contributed by atoms with Crippen LogP contribution in [0.2, 0.25) is 0 Å². The molecular formula is C30H33N3O8. The number of carbonyl (C=O) groups is 3. The number of rotatable bonds is 5. The normalized spacial score (nSPS) is 18.2. The Hall–Kier alpha value is -4.25. The second-order valence-electron chi connectivity index (χ2n) is 11.3. The van der Waals surface area contributed by atoms with Gasteiger partial charge in [-0.1, -0.05) is 13.8 Å². The van der Waals surface area contributed by atoms with Gasteiger partial charge in [0.15, 0.2) is 0 Å². The second-order valence-corrected chi connectivity index (χ2v) is 11.3. The molecule has 0 unspecified atom stereocenters. The average Bonchev–Trinajstić information content (AvgIpc) is 3.26. The van der Waals surface area contributed by atoms with Crippen LogP contribution >= 0.6 is 0 Å². The first-order valence-electron chi connectivity index (χ1n) is 13.6. The van der Waals surface area contributed by atoms with Crippen LogP contribution in [-0.2, 0) is 49.0 Å². The summed E-state index contributed by atoms with van der Waals surface area (Å²) in [6.45, 7) is 10.4. The summed E-state index contributed by atoms with van der Waals surface area (Å²) in [5.74, 6) is -1.22. The first-order valence-corrected chi connectivity index (χ1v) is 13.6. The van der Waals surface area contributed by atoms with Crippen molar-refractivity contribution in [1.82, 2.24) is 9.55 Å². The van der Waals surface area contributed by atoms with Gasteiger partial charge >= 0.3 is 18.1 Å². The first kappa shape index (κ1) is 28.3. The maximum atomic E-state index is 13.8. The van der Waals surface area contributed by atoms with Crippen LogP contribution in [0.5, 0.6) is 5.75 Å². The Morgan fingerprint density at radius 1 is 1.17 bits per heavy atom. The summed E-state index contributed by atoms with van der Waals surface area (Å²) in [7, 11) is 0. The molecule has 2 aliphatic rings. The number of hydrogen-bond acceptors (Lipinski definition) is 10. The van der Waals surface area contributed by atoms with Crippen molar-refractivity contribution in [2.24, 2.45) is 5.73 Å². The van der Waals surface area contributed by atoms with Crippen molar-refractivity contribution >= 4 is 29.0 Å². The Kier molecular flexibility index (Phi) is 6.89. The number of cyclic esters (lactones) is 1. The Bertz CT molecular complexity index is 1670. The number of pyridine rings is 2. The molecule has 0 saturated heterocycles. The number of nitrogens with two attached hydrogens (primary N) is 1. The fraction of sp³-hybridized carbons (Fsp3) is 0.433. The molecule has 2 N–H and O–H groups in total. The van der Waals surface area contributed by atoms with E-state index in [2.05, 4.69) is 0 Å². The number of esters is 2. The zero-order valence-corrected chi connectivity index (χ0v) is 24.0. The number of hydrogen-bond donors (Lipinski definition) is 1. The maximum absolute atomic E-state index is 13.8. The molecule has 41 heavy (non-hydrogen) atoms. The highest BCUT2D eigenvalue weighted by molar-refractivity contribution is 5.91. The number of benzene rings is 1. The number of aromatic nitrogens is 2. The van der Waals surface area contributed by atoms with Gasteiger partial charge in [0.05, 0.1) is 29.0 Å². The highest BCUT2D eigenvalue weighted by atomic mass is 16.7. The summed E-state index contributed by atoms with van der Waals surface area (Å²) >= 11 is 0. The number of ether oxygens (including phenoxy) is 4. The van der Waals surface area contributed by atoms with Gasteiger partial charge in [0.25, 0.3) is 5.56 Å². The zero-order valence-electron chi connectivity index (χ0n) is 24.0. The third-order valence-electron chi connectivity index (χ3n) is 7.34.